The second-order valence-electron chi connectivity index (χ2n) is 6.31. The molecule has 3 rings (SSSR count). The second-order valence-corrected chi connectivity index (χ2v) is 6.31. The van der Waals surface area contributed by atoms with E-state index in [1.165, 1.54) is 4.90 Å². The molecule has 0 bridgehead atoms. The number of amides is 3. The van der Waals surface area contributed by atoms with Crippen LogP contribution in [0, 0.1) is 5.92 Å². The number of pyridine rings is 1. The lowest BCUT2D eigenvalue weighted by atomic mass is 9.97. The van der Waals surface area contributed by atoms with Crippen molar-refractivity contribution in [1.82, 2.24) is 20.5 Å². The minimum atomic E-state index is -0.824. The van der Waals surface area contributed by atoms with Gasteiger partial charge < -0.3 is 15.1 Å². The minimum absolute atomic E-state index is 0.195. The molecule has 2 fully saturated rings. The van der Waals surface area contributed by atoms with Gasteiger partial charge in [-0.15, -0.1) is 0 Å². The van der Waals surface area contributed by atoms with Crippen LogP contribution in [0.5, 0.6) is 0 Å². The summed E-state index contributed by atoms with van der Waals surface area (Å²) in [6.45, 7) is 3.61. The second kappa shape index (κ2) is 8.06. The van der Waals surface area contributed by atoms with Crippen LogP contribution in [0.1, 0.15) is 12.8 Å². The highest BCUT2D eigenvalue weighted by molar-refractivity contribution is 6.37. The first-order valence-electron chi connectivity index (χ1n) is 8.66. The Morgan fingerprint density at radius 1 is 1.08 bits per heavy atom. The standard InChI is InChI=1S/C17H23N5O3/c23-15(13-4-7-18-8-5-13)20-16(24)17(25)22-11-9-21(10-12-22)14-3-1-2-6-19-14/h1-3,6,13,18H,4-5,7-12H2,(H,20,23,24). The number of carbonyl (C=O) groups excluding carboxylic acids is 3. The van der Waals surface area contributed by atoms with Crippen LogP contribution in [0.2, 0.25) is 0 Å². The van der Waals surface area contributed by atoms with Crippen LogP contribution in [0.15, 0.2) is 24.4 Å². The first-order chi connectivity index (χ1) is 12.1. The number of rotatable bonds is 2. The van der Waals surface area contributed by atoms with E-state index in [0.29, 0.717) is 39.0 Å². The van der Waals surface area contributed by atoms with E-state index in [1.807, 2.05) is 18.2 Å². The third-order valence-electron chi connectivity index (χ3n) is 4.68. The normalized spacial score (nSPS) is 18.7. The topological polar surface area (TPSA) is 94.6 Å². The lowest BCUT2D eigenvalue weighted by Crippen LogP contribution is -2.54. The maximum Gasteiger partial charge on any atom is 0.316 e. The molecule has 0 saturated carbocycles. The molecule has 2 N–H and O–H groups in total. The zero-order valence-electron chi connectivity index (χ0n) is 14.1. The van der Waals surface area contributed by atoms with Crippen molar-refractivity contribution in [2.24, 2.45) is 5.92 Å². The van der Waals surface area contributed by atoms with Crippen molar-refractivity contribution >= 4 is 23.5 Å². The molecule has 2 aliphatic heterocycles. The maximum atomic E-state index is 12.3. The number of hydrogen-bond acceptors (Lipinski definition) is 6. The van der Waals surface area contributed by atoms with Crippen molar-refractivity contribution < 1.29 is 14.4 Å². The van der Waals surface area contributed by atoms with Crippen molar-refractivity contribution in [1.29, 1.82) is 0 Å². The predicted molar refractivity (Wildman–Crippen MR) is 91.8 cm³/mol. The summed E-state index contributed by atoms with van der Waals surface area (Å²) in [6, 6.07) is 5.69. The maximum absolute atomic E-state index is 12.3. The number of piperidine rings is 1. The predicted octanol–water partition coefficient (Wildman–Crippen LogP) is -0.627. The van der Waals surface area contributed by atoms with Gasteiger partial charge in [0.05, 0.1) is 0 Å². The minimum Gasteiger partial charge on any atom is -0.353 e. The fraction of sp³-hybridized carbons (Fsp3) is 0.529. The Kier molecular flexibility index (Phi) is 5.60. The number of imide groups is 1. The number of nitrogens with one attached hydrogen (secondary N) is 2. The Morgan fingerprint density at radius 3 is 2.44 bits per heavy atom. The number of carbonyl (C=O) groups is 3. The molecule has 0 aliphatic carbocycles. The van der Waals surface area contributed by atoms with Gasteiger partial charge in [-0.2, -0.15) is 0 Å². The molecule has 1 aromatic rings. The zero-order chi connectivity index (χ0) is 17.6. The lowest BCUT2D eigenvalue weighted by molar-refractivity contribution is -0.148. The fourth-order valence-electron chi connectivity index (χ4n) is 3.17. The summed E-state index contributed by atoms with van der Waals surface area (Å²) in [5, 5.41) is 5.43. The van der Waals surface area contributed by atoms with Crippen LogP contribution in [0.4, 0.5) is 5.82 Å². The summed E-state index contributed by atoms with van der Waals surface area (Å²) in [4.78, 5) is 44.3. The van der Waals surface area contributed by atoms with E-state index in [9.17, 15) is 14.4 Å². The third-order valence-corrected chi connectivity index (χ3v) is 4.68. The molecule has 0 radical (unpaired) electrons. The average molecular weight is 345 g/mol. The number of hydrogen-bond donors (Lipinski definition) is 2. The Labute approximate surface area is 146 Å². The van der Waals surface area contributed by atoms with Crippen molar-refractivity contribution in [3.05, 3.63) is 24.4 Å². The highest BCUT2D eigenvalue weighted by Gasteiger charge is 2.29. The molecule has 8 nitrogen and oxygen atoms in total. The summed E-state index contributed by atoms with van der Waals surface area (Å²) < 4.78 is 0. The van der Waals surface area contributed by atoms with Gasteiger partial charge in [0.25, 0.3) is 0 Å². The van der Waals surface area contributed by atoms with Crippen LogP contribution >= 0.6 is 0 Å². The summed E-state index contributed by atoms with van der Waals surface area (Å²) in [7, 11) is 0. The summed E-state index contributed by atoms with van der Waals surface area (Å²) in [5.41, 5.74) is 0. The van der Waals surface area contributed by atoms with Crippen LogP contribution in [-0.4, -0.2) is 66.9 Å². The summed E-state index contributed by atoms with van der Waals surface area (Å²) >= 11 is 0. The van der Waals surface area contributed by atoms with Gasteiger partial charge in [-0.05, 0) is 38.1 Å². The van der Waals surface area contributed by atoms with Gasteiger partial charge in [-0.25, -0.2) is 4.98 Å². The fourth-order valence-corrected chi connectivity index (χ4v) is 3.17. The van der Waals surface area contributed by atoms with Crippen LogP contribution in [0.25, 0.3) is 0 Å². The number of aromatic nitrogens is 1. The van der Waals surface area contributed by atoms with E-state index in [0.717, 1.165) is 18.9 Å². The highest BCUT2D eigenvalue weighted by atomic mass is 16.2. The first-order valence-corrected chi connectivity index (χ1v) is 8.66. The number of nitrogens with zero attached hydrogens (tertiary/aromatic N) is 3. The molecule has 134 valence electrons. The van der Waals surface area contributed by atoms with Crippen LogP contribution < -0.4 is 15.5 Å². The van der Waals surface area contributed by atoms with E-state index in [-0.39, 0.29) is 11.8 Å². The summed E-state index contributed by atoms with van der Waals surface area (Å²) in [5.74, 6) is -1.14. The Balaban J connectivity index is 1.48. The molecule has 0 spiro atoms. The van der Waals surface area contributed by atoms with Gasteiger partial charge in [0.1, 0.15) is 5.82 Å². The first kappa shape index (κ1) is 17.3. The Morgan fingerprint density at radius 2 is 1.80 bits per heavy atom. The molecule has 0 unspecified atom stereocenters. The number of anilines is 1. The van der Waals surface area contributed by atoms with Crippen molar-refractivity contribution in [3.8, 4) is 0 Å². The van der Waals surface area contributed by atoms with Gasteiger partial charge >= 0.3 is 11.8 Å². The van der Waals surface area contributed by atoms with E-state index in [4.69, 9.17) is 0 Å². The van der Waals surface area contributed by atoms with E-state index >= 15 is 0 Å². The third kappa shape index (κ3) is 4.33. The molecule has 8 heteroatoms. The SMILES string of the molecule is O=C(NC(=O)C1CCNCC1)C(=O)N1CCN(c2ccccn2)CC1. The molecule has 2 aliphatic rings. The molecule has 2 saturated heterocycles. The molecule has 25 heavy (non-hydrogen) atoms. The van der Waals surface area contributed by atoms with Crippen molar-refractivity contribution in [2.75, 3.05) is 44.2 Å². The molecule has 0 aromatic carbocycles. The Hall–Kier alpha value is -2.48. The van der Waals surface area contributed by atoms with Crippen molar-refractivity contribution in [2.45, 2.75) is 12.8 Å². The van der Waals surface area contributed by atoms with Crippen LogP contribution in [0.3, 0.4) is 0 Å². The van der Waals surface area contributed by atoms with Gasteiger partial charge in [-0.3, -0.25) is 19.7 Å². The van der Waals surface area contributed by atoms with Crippen LogP contribution in [-0.2, 0) is 14.4 Å². The molecular weight excluding hydrogens is 322 g/mol. The van der Waals surface area contributed by atoms with E-state index in [2.05, 4.69) is 20.5 Å². The van der Waals surface area contributed by atoms with Gasteiger partial charge in [0, 0.05) is 38.3 Å². The molecule has 3 heterocycles. The average Bonchev–Trinajstić information content (AvgIpc) is 2.69. The Bertz CT molecular complexity index is 622. The molecule has 1 aromatic heterocycles. The van der Waals surface area contributed by atoms with Crippen molar-refractivity contribution in [3.63, 3.8) is 0 Å². The smallest absolute Gasteiger partial charge is 0.316 e. The van der Waals surface area contributed by atoms with E-state index < -0.39 is 11.8 Å². The zero-order valence-corrected chi connectivity index (χ0v) is 14.1. The van der Waals surface area contributed by atoms with Gasteiger partial charge in [0.2, 0.25) is 5.91 Å². The monoisotopic (exact) mass is 345 g/mol. The highest BCUT2D eigenvalue weighted by Crippen LogP contribution is 2.13. The molecule has 3 amide bonds. The summed E-state index contributed by atoms with van der Waals surface area (Å²) in [6.07, 6.45) is 3.11. The van der Waals surface area contributed by atoms with Gasteiger partial charge in [0.15, 0.2) is 0 Å². The molecule has 0 atom stereocenters. The quantitative estimate of drug-likeness (QED) is 0.694. The van der Waals surface area contributed by atoms with E-state index in [1.54, 1.807) is 6.20 Å². The largest absolute Gasteiger partial charge is 0.353 e. The van der Waals surface area contributed by atoms with Gasteiger partial charge in [-0.1, -0.05) is 6.07 Å². The lowest BCUT2D eigenvalue weighted by Gasteiger charge is -2.35. The molecular formula is C17H23N5O3. The number of piperazine rings is 1.